The summed E-state index contributed by atoms with van der Waals surface area (Å²) in [6.45, 7) is 0.264. The van der Waals surface area contributed by atoms with Crippen molar-refractivity contribution < 1.29 is 14.2 Å². The maximum Gasteiger partial charge on any atom is 0.231 e. The van der Waals surface area contributed by atoms with Gasteiger partial charge in [0.2, 0.25) is 12.7 Å². The standard InChI is InChI=1S/C12H8INO3/c13-8-3-4-14-12(5-8)17-9-1-2-10-11(6-9)16-7-15-10/h1-6H,7H2. The van der Waals surface area contributed by atoms with Gasteiger partial charge in [0, 0.05) is 21.9 Å². The van der Waals surface area contributed by atoms with Crippen LogP contribution in [0.25, 0.3) is 0 Å². The van der Waals surface area contributed by atoms with Crippen molar-refractivity contribution in [3.05, 3.63) is 40.1 Å². The van der Waals surface area contributed by atoms with E-state index in [1.807, 2.05) is 24.3 Å². The lowest BCUT2D eigenvalue weighted by Crippen LogP contribution is -1.92. The van der Waals surface area contributed by atoms with Crippen molar-refractivity contribution in [1.29, 1.82) is 0 Å². The number of rotatable bonds is 2. The minimum Gasteiger partial charge on any atom is -0.454 e. The number of ether oxygens (including phenoxy) is 3. The average Bonchev–Trinajstić information content (AvgIpc) is 2.76. The highest BCUT2D eigenvalue weighted by Gasteiger charge is 2.14. The van der Waals surface area contributed by atoms with Crippen LogP contribution in [0.3, 0.4) is 0 Å². The van der Waals surface area contributed by atoms with Crippen molar-refractivity contribution >= 4 is 22.6 Å². The monoisotopic (exact) mass is 341 g/mol. The number of nitrogens with zero attached hydrogens (tertiary/aromatic N) is 1. The van der Waals surface area contributed by atoms with E-state index in [1.165, 1.54) is 0 Å². The van der Waals surface area contributed by atoms with Crippen molar-refractivity contribution in [3.63, 3.8) is 0 Å². The van der Waals surface area contributed by atoms with Crippen molar-refractivity contribution in [1.82, 2.24) is 4.98 Å². The van der Waals surface area contributed by atoms with Gasteiger partial charge in [0.25, 0.3) is 0 Å². The molecule has 0 spiro atoms. The Balaban J connectivity index is 1.86. The van der Waals surface area contributed by atoms with E-state index in [-0.39, 0.29) is 6.79 Å². The van der Waals surface area contributed by atoms with Gasteiger partial charge in [-0.1, -0.05) is 0 Å². The number of pyridine rings is 1. The zero-order valence-electron chi connectivity index (χ0n) is 8.72. The van der Waals surface area contributed by atoms with Gasteiger partial charge in [-0.15, -0.1) is 0 Å². The van der Waals surface area contributed by atoms with Crippen LogP contribution in [-0.2, 0) is 0 Å². The largest absolute Gasteiger partial charge is 0.454 e. The number of fused-ring (bicyclic) bond motifs is 1. The van der Waals surface area contributed by atoms with Crippen LogP contribution in [-0.4, -0.2) is 11.8 Å². The first-order chi connectivity index (χ1) is 8.31. The van der Waals surface area contributed by atoms with E-state index in [4.69, 9.17) is 14.2 Å². The summed E-state index contributed by atoms with van der Waals surface area (Å²) in [5.74, 6) is 2.69. The predicted molar refractivity (Wildman–Crippen MR) is 69.6 cm³/mol. The fraction of sp³-hybridized carbons (Fsp3) is 0.0833. The topological polar surface area (TPSA) is 40.6 Å². The number of benzene rings is 1. The second kappa shape index (κ2) is 4.40. The Morgan fingerprint density at radius 1 is 1.12 bits per heavy atom. The summed E-state index contributed by atoms with van der Waals surface area (Å²) < 4.78 is 17.2. The highest BCUT2D eigenvalue weighted by molar-refractivity contribution is 14.1. The first-order valence-corrected chi connectivity index (χ1v) is 6.08. The first-order valence-electron chi connectivity index (χ1n) is 5.00. The van der Waals surface area contributed by atoms with E-state index in [1.54, 1.807) is 12.3 Å². The Hall–Kier alpha value is -1.50. The fourth-order valence-corrected chi connectivity index (χ4v) is 1.93. The van der Waals surface area contributed by atoms with Crippen LogP contribution in [0, 0.1) is 3.57 Å². The van der Waals surface area contributed by atoms with E-state index in [0.717, 1.165) is 9.32 Å². The van der Waals surface area contributed by atoms with Crippen LogP contribution in [0.15, 0.2) is 36.5 Å². The second-order valence-corrected chi connectivity index (χ2v) is 4.68. The Morgan fingerprint density at radius 3 is 2.88 bits per heavy atom. The predicted octanol–water partition coefficient (Wildman–Crippen LogP) is 3.21. The molecule has 0 atom stereocenters. The molecule has 0 aliphatic carbocycles. The van der Waals surface area contributed by atoms with Crippen molar-refractivity contribution in [3.8, 4) is 23.1 Å². The molecule has 0 unspecified atom stereocenters. The molecule has 1 aliphatic rings. The summed E-state index contributed by atoms with van der Waals surface area (Å²) in [6, 6.07) is 9.22. The third-order valence-corrected chi connectivity index (χ3v) is 2.93. The average molecular weight is 341 g/mol. The molecule has 0 amide bonds. The highest BCUT2D eigenvalue weighted by Crippen LogP contribution is 2.36. The Kier molecular flexibility index (Phi) is 2.76. The zero-order valence-corrected chi connectivity index (χ0v) is 10.9. The number of hydrogen-bond acceptors (Lipinski definition) is 4. The molecule has 2 heterocycles. The summed E-state index contributed by atoms with van der Waals surface area (Å²) in [7, 11) is 0. The molecule has 2 aromatic rings. The minimum atomic E-state index is 0.264. The SMILES string of the molecule is Ic1ccnc(Oc2ccc3c(c2)OCO3)c1. The van der Waals surface area contributed by atoms with Gasteiger partial charge in [0.05, 0.1) is 0 Å². The first kappa shape index (κ1) is 10.6. The Bertz CT molecular complexity index is 559. The molecule has 4 nitrogen and oxygen atoms in total. The molecule has 0 bridgehead atoms. The highest BCUT2D eigenvalue weighted by atomic mass is 127. The van der Waals surface area contributed by atoms with Gasteiger partial charge in [0.15, 0.2) is 11.5 Å². The lowest BCUT2D eigenvalue weighted by molar-refractivity contribution is 0.174. The van der Waals surface area contributed by atoms with Gasteiger partial charge in [-0.2, -0.15) is 0 Å². The molecular formula is C12H8INO3. The van der Waals surface area contributed by atoms with E-state index in [0.29, 0.717) is 17.4 Å². The Morgan fingerprint density at radius 2 is 2.00 bits per heavy atom. The quantitative estimate of drug-likeness (QED) is 0.787. The van der Waals surface area contributed by atoms with Crippen LogP contribution in [0.5, 0.6) is 23.1 Å². The van der Waals surface area contributed by atoms with Gasteiger partial charge >= 0.3 is 0 Å². The number of aromatic nitrogens is 1. The summed E-state index contributed by atoms with van der Waals surface area (Å²) in [5.41, 5.74) is 0. The molecule has 0 N–H and O–H groups in total. The molecule has 0 saturated heterocycles. The van der Waals surface area contributed by atoms with Gasteiger partial charge in [-0.3, -0.25) is 0 Å². The molecule has 0 fully saturated rings. The third-order valence-electron chi connectivity index (χ3n) is 2.26. The molecule has 1 aliphatic heterocycles. The lowest BCUT2D eigenvalue weighted by Gasteiger charge is -2.05. The minimum absolute atomic E-state index is 0.264. The summed E-state index contributed by atoms with van der Waals surface area (Å²) in [4.78, 5) is 4.13. The number of hydrogen-bond donors (Lipinski definition) is 0. The smallest absolute Gasteiger partial charge is 0.231 e. The molecule has 3 rings (SSSR count). The number of halogens is 1. The Labute approximate surface area is 112 Å². The van der Waals surface area contributed by atoms with Gasteiger partial charge < -0.3 is 14.2 Å². The van der Waals surface area contributed by atoms with Crippen molar-refractivity contribution in [2.75, 3.05) is 6.79 Å². The molecule has 17 heavy (non-hydrogen) atoms. The maximum atomic E-state index is 5.63. The van der Waals surface area contributed by atoms with E-state index in [9.17, 15) is 0 Å². The molecule has 5 heteroatoms. The van der Waals surface area contributed by atoms with Crippen LogP contribution in [0.4, 0.5) is 0 Å². The maximum absolute atomic E-state index is 5.63. The van der Waals surface area contributed by atoms with Crippen molar-refractivity contribution in [2.24, 2.45) is 0 Å². The summed E-state index contributed by atoms with van der Waals surface area (Å²) >= 11 is 2.21. The van der Waals surface area contributed by atoms with E-state index in [2.05, 4.69) is 27.6 Å². The molecule has 1 aromatic carbocycles. The summed E-state index contributed by atoms with van der Waals surface area (Å²) in [6.07, 6.45) is 1.71. The van der Waals surface area contributed by atoms with Crippen molar-refractivity contribution in [2.45, 2.75) is 0 Å². The molecule has 0 saturated carbocycles. The van der Waals surface area contributed by atoms with Gasteiger partial charge in [-0.05, 0) is 40.8 Å². The second-order valence-electron chi connectivity index (χ2n) is 3.43. The van der Waals surface area contributed by atoms with Crippen LogP contribution in [0.1, 0.15) is 0 Å². The van der Waals surface area contributed by atoms with E-state index >= 15 is 0 Å². The van der Waals surface area contributed by atoms with Crippen LogP contribution >= 0.6 is 22.6 Å². The molecule has 1 aromatic heterocycles. The fourth-order valence-electron chi connectivity index (χ4n) is 1.50. The van der Waals surface area contributed by atoms with E-state index < -0.39 is 0 Å². The molecule has 86 valence electrons. The summed E-state index contributed by atoms with van der Waals surface area (Å²) in [5, 5.41) is 0. The zero-order chi connectivity index (χ0) is 11.7. The third kappa shape index (κ3) is 2.28. The molecular weight excluding hydrogens is 333 g/mol. The lowest BCUT2D eigenvalue weighted by atomic mass is 10.3. The van der Waals surface area contributed by atoms with Gasteiger partial charge in [0.1, 0.15) is 5.75 Å². The van der Waals surface area contributed by atoms with Crippen LogP contribution in [0.2, 0.25) is 0 Å². The molecule has 0 radical (unpaired) electrons. The van der Waals surface area contributed by atoms with Gasteiger partial charge in [-0.25, -0.2) is 4.98 Å². The van der Waals surface area contributed by atoms with Crippen LogP contribution < -0.4 is 14.2 Å². The normalized spacial score (nSPS) is 12.5.